The molecule has 3 atom stereocenters. The first-order valence-electron chi connectivity index (χ1n) is 14.5. The summed E-state index contributed by atoms with van der Waals surface area (Å²) in [5, 5.41) is 34.5. The zero-order valence-electron chi connectivity index (χ0n) is 24.4. The number of hydrogen-bond acceptors (Lipinski definition) is 9. The monoisotopic (exact) mass is 638 g/mol. The van der Waals surface area contributed by atoms with Crippen LogP contribution in [0, 0.1) is 0 Å². The molecule has 2 aromatic carbocycles. The minimum Gasteiger partial charge on any atom is -0.434 e. The van der Waals surface area contributed by atoms with Crippen LogP contribution < -0.4 is 10.1 Å². The van der Waals surface area contributed by atoms with E-state index in [2.05, 4.69) is 44.5 Å². The Morgan fingerprint density at radius 2 is 1.78 bits per heavy atom. The van der Waals surface area contributed by atoms with Gasteiger partial charge in [-0.25, -0.2) is 9.50 Å². The van der Waals surface area contributed by atoms with Crippen LogP contribution in [-0.4, -0.2) is 83.4 Å². The Labute approximate surface area is 263 Å². The number of halogens is 3. The van der Waals surface area contributed by atoms with Gasteiger partial charge in [0.1, 0.15) is 17.7 Å². The first-order chi connectivity index (χ1) is 21.8. The van der Waals surface area contributed by atoms with Crippen molar-refractivity contribution < 1.29 is 23.7 Å². The van der Waals surface area contributed by atoms with Gasteiger partial charge in [-0.3, -0.25) is 14.5 Å². The SMILES string of the molecule is CC(c1ccccc1)N1CCN(C(O)Cn2cc(NC(O)c3cnn4cccnc34)c(-c3cc(Cl)ccc3OC(F)F)n2)CC1. The van der Waals surface area contributed by atoms with Gasteiger partial charge >= 0.3 is 6.61 Å². The van der Waals surface area contributed by atoms with Crippen LogP contribution in [0.5, 0.6) is 5.75 Å². The Kier molecular flexibility index (Phi) is 9.24. The Bertz CT molecular complexity index is 1730. The highest BCUT2D eigenvalue weighted by atomic mass is 35.5. The number of ether oxygens (including phenoxy) is 1. The predicted octanol–water partition coefficient (Wildman–Crippen LogP) is 4.65. The topological polar surface area (TPSA) is 116 Å². The van der Waals surface area contributed by atoms with E-state index in [1.807, 2.05) is 23.1 Å². The lowest BCUT2D eigenvalue weighted by atomic mass is 10.1. The molecule has 3 aromatic heterocycles. The van der Waals surface area contributed by atoms with Crippen molar-refractivity contribution in [1.29, 1.82) is 0 Å². The molecule has 45 heavy (non-hydrogen) atoms. The first-order valence-corrected chi connectivity index (χ1v) is 14.9. The molecular weight excluding hydrogens is 606 g/mol. The number of nitrogens with one attached hydrogen (secondary N) is 1. The van der Waals surface area contributed by atoms with Crippen molar-refractivity contribution >= 4 is 22.9 Å². The smallest absolute Gasteiger partial charge is 0.387 e. The number of hydrogen-bond donors (Lipinski definition) is 3. The number of aromatic nitrogens is 5. The van der Waals surface area contributed by atoms with Gasteiger partial charge < -0.3 is 20.3 Å². The molecule has 1 fully saturated rings. The van der Waals surface area contributed by atoms with E-state index in [9.17, 15) is 19.0 Å². The standard InChI is InChI=1S/C31H33ClF2N8O3/c1-20(21-6-3-2-4-7-21)39-12-14-40(15-13-39)27(43)19-41-18-25(37-30(44)24-17-36-42-11-5-10-35-29(24)42)28(38-41)23-16-22(32)8-9-26(23)45-31(33)34/h2-11,16-18,20,27,30-31,37,43-44H,12-15,19H2,1H3. The molecule has 0 radical (unpaired) electrons. The Hall–Kier alpha value is -4.14. The Balaban J connectivity index is 1.23. The summed E-state index contributed by atoms with van der Waals surface area (Å²) in [7, 11) is 0. The fraction of sp³-hybridized carbons (Fsp3) is 0.323. The molecule has 3 N–H and O–H groups in total. The average Bonchev–Trinajstić information content (AvgIpc) is 3.66. The number of alkyl halides is 2. The first kappa shape index (κ1) is 30.9. The second-order valence-electron chi connectivity index (χ2n) is 10.8. The lowest BCUT2D eigenvalue weighted by Gasteiger charge is -2.40. The van der Waals surface area contributed by atoms with Crippen molar-refractivity contribution in [2.75, 3.05) is 31.5 Å². The molecule has 11 nitrogen and oxygen atoms in total. The van der Waals surface area contributed by atoms with E-state index in [-0.39, 0.29) is 34.6 Å². The van der Waals surface area contributed by atoms with Crippen LogP contribution in [0.3, 0.4) is 0 Å². The van der Waals surface area contributed by atoms with Crippen molar-refractivity contribution in [1.82, 2.24) is 34.2 Å². The van der Waals surface area contributed by atoms with Gasteiger partial charge in [-0.1, -0.05) is 41.9 Å². The van der Waals surface area contributed by atoms with E-state index in [1.54, 1.807) is 24.7 Å². The summed E-state index contributed by atoms with van der Waals surface area (Å²) < 4.78 is 34.5. The third-order valence-electron chi connectivity index (χ3n) is 8.02. The van der Waals surface area contributed by atoms with Gasteiger partial charge in [-0.15, -0.1) is 0 Å². The average molecular weight is 639 g/mol. The van der Waals surface area contributed by atoms with Gasteiger partial charge in [0.25, 0.3) is 0 Å². The summed E-state index contributed by atoms with van der Waals surface area (Å²) in [6.07, 6.45) is 4.21. The van der Waals surface area contributed by atoms with Crippen LogP contribution >= 0.6 is 11.6 Å². The van der Waals surface area contributed by atoms with Gasteiger partial charge in [0.05, 0.1) is 24.0 Å². The Morgan fingerprint density at radius 3 is 2.53 bits per heavy atom. The molecule has 0 spiro atoms. The number of nitrogens with zero attached hydrogens (tertiary/aromatic N) is 7. The maximum atomic E-state index is 13.3. The maximum Gasteiger partial charge on any atom is 0.387 e. The van der Waals surface area contributed by atoms with Crippen molar-refractivity contribution in [3.05, 3.63) is 95.5 Å². The molecule has 0 saturated carbocycles. The minimum atomic E-state index is -3.08. The van der Waals surface area contributed by atoms with Crippen molar-refractivity contribution in [3.8, 4) is 17.0 Å². The molecule has 1 saturated heterocycles. The number of anilines is 1. The van der Waals surface area contributed by atoms with E-state index < -0.39 is 19.1 Å². The van der Waals surface area contributed by atoms with Gasteiger partial charge in [-0.05, 0) is 36.8 Å². The quantitative estimate of drug-likeness (QED) is 0.178. The van der Waals surface area contributed by atoms with E-state index in [0.717, 1.165) is 13.1 Å². The van der Waals surface area contributed by atoms with Gasteiger partial charge in [-0.2, -0.15) is 19.0 Å². The lowest BCUT2D eigenvalue weighted by Crippen LogP contribution is -2.51. The molecule has 5 aromatic rings. The van der Waals surface area contributed by atoms with Gasteiger partial charge in [0.15, 0.2) is 11.9 Å². The van der Waals surface area contributed by atoms with Gasteiger partial charge in [0, 0.05) is 61.4 Å². The highest BCUT2D eigenvalue weighted by molar-refractivity contribution is 6.31. The zero-order valence-corrected chi connectivity index (χ0v) is 25.2. The highest BCUT2D eigenvalue weighted by Gasteiger charge is 2.27. The second-order valence-corrected chi connectivity index (χ2v) is 11.2. The van der Waals surface area contributed by atoms with Crippen LogP contribution in [0.1, 0.15) is 30.3 Å². The molecular formula is C31H33ClF2N8O3. The van der Waals surface area contributed by atoms with Crippen LogP contribution in [0.2, 0.25) is 5.02 Å². The van der Waals surface area contributed by atoms with E-state index in [1.165, 1.54) is 39.2 Å². The molecule has 14 heteroatoms. The van der Waals surface area contributed by atoms with Crippen molar-refractivity contribution in [2.24, 2.45) is 0 Å². The summed E-state index contributed by atoms with van der Waals surface area (Å²) in [6, 6.07) is 16.5. The van der Waals surface area contributed by atoms with Crippen molar-refractivity contribution in [3.63, 3.8) is 0 Å². The molecule has 3 unspecified atom stereocenters. The van der Waals surface area contributed by atoms with E-state index >= 15 is 0 Å². The molecule has 1 aliphatic heterocycles. The number of fused-ring (bicyclic) bond motifs is 1. The van der Waals surface area contributed by atoms with Crippen LogP contribution in [0.25, 0.3) is 16.9 Å². The summed E-state index contributed by atoms with van der Waals surface area (Å²) in [4.78, 5) is 8.65. The fourth-order valence-corrected chi connectivity index (χ4v) is 5.79. The normalized spacial score (nSPS) is 16.6. The summed E-state index contributed by atoms with van der Waals surface area (Å²) >= 11 is 6.26. The van der Waals surface area contributed by atoms with Crippen LogP contribution in [-0.2, 0) is 6.54 Å². The molecule has 1 aliphatic rings. The molecule has 0 aliphatic carbocycles. The maximum absolute atomic E-state index is 13.3. The van der Waals surface area contributed by atoms with Crippen molar-refractivity contribution in [2.45, 2.75) is 38.6 Å². The number of piperazine rings is 1. The van der Waals surface area contributed by atoms with E-state index in [4.69, 9.17) is 16.3 Å². The summed E-state index contributed by atoms with van der Waals surface area (Å²) in [6.45, 7) is 2.05. The number of rotatable bonds is 11. The lowest BCUT2D eigenvalue weighted by molar-refractivity contribution is -0.0494. The largest absolute Gasteiger partial charge is 0.434 e. The van der Waals surface area contributed by atoms with Gasteiger partial charge in [0.2, 0.25) is 0 Å². The third-order valence-corrected chi connectivity index (χ3v) is 8.25. The molecule has 6 rings (SSSR count). The predicted molar refractivity (Wildman–Crippen MR) is 165 cm³/mol. The second kappa shape index (κ2) is 13.5. The zero-order chi connectivity index (χ0) is 31.5. The van der Waals surface area contributed by atoms with E-state index in [0.29, 0.717) is 30.0 Å². The number of aliphatic hydroxyl groups is 2. The fourth-order valence-electron chi connectivity index (χ4n) is 5.62. The minimum absolute atomic E-state index is 0.0862. The molecule has 236 valence electrons. The molecule has 0 bridgehead atoms. The highest BCUT2D eigenvalue weighted by Crippen LogP contribution is 2.38. The molecule has 0 amide bonds. The Morgan fingerprint density at radius 1 is 1.02 bits per heavy atom. The number of benzene rings is 2. The summed E-state index contributed by atoms with van der Waals surface area (Å²) in [5.74, 6) is -0.140. The number of aliphatic hydroxyl groups excluding tert-OH is 2. The molecule has 4 heterocycles. The third kappa shape index (κ3) is 6.92. The van der Waals surface area contributed by atoms with Crippen LogP contribution in [0.15, 0.2) is 79.4 Å². The van der Waals surface area contributed by atoms with Crippen LogP contribution in [0.4, 0.5) is 14.5 Å². The summed E-state index contributed by atoms with van der Waals surface area (Å²) in [5.41, 5.74) is 2.76.